The molecule has 0 aliphatic carbocycles. The number of benzene rings is 1. The van der Waals surface area contributed by atoms with E-state index in [4.69, 9.17) is 0 Å². The summed E-state index contributed by atoms with van der Waals surface area (Å²) in [4.78, 5) is 15.1. The summed E-state index contributed by atoms with van der Waals surface area (Å²) in [5.74, 6) is -0.678. The Labute approximate surface area is 135 Å². The number of carbonyl (C=O) groups is 1. The topological polar surface area (TPSA) is 32.3 Å². The molecule has 1 amide bonds. The summed E-state index contributed by atoms with van der Waals surface area (Å²) in [5.41, 5.74) is 1.43. The lowest BCUT2D eigenvalue weighted by molar-refractivity contribution is -0.117. The molecule has 6 heteroatoms. The second kappa shape index (κ2) is 7.15. The number of nitrogens with zero attached hydrogens (tertiary/aromatic N) is 1. The van der Waals surface area contributed by atoms with Gasteiger partial charge in [-0.15, -0.1) is 11.3 Å². The summed E-state index contributed by atoms with van der Waals surface area (Å²) in [5, 5.41) is 4.63. The van der Waals surface area contributed by atoms with Crippen molar-refractivity contribution in [1.82, 2.24) is 4.90 Å². The first kappa shape index (κ1) is 16.1. The number of nitrogens with one attached hydrogen (secondary N) is 1. The van der Waals surface area contributed by atoms with E-state index in [1.165, 1.54) is 16.5 Å². The number of amides is 1. The summed E-state index contributed by atoms with van der Waals surface area (Å²) in [6, 6.07) is 6.62. The van der Waals surface area contributed by atoms with Crippen molar-refractivity contribution in [3.05, 3.63) is 50.4 Å². The number of thiophene rings is 1. The van der Waals surface area contributed by atoms with Gasteiger partial charge in [0.25, 0.3) is 0 Å². The molecule has 0 bridgehead atoms. The minimum Gasteiger partial charge on any atom is -0.322 e. The summed E-state index contributed by atoms with van der Waals surface area (Å²) in [6.45, 7) is 2.98. The number of likely N-dealkylation sites (N-methyl/N-ethyl adjacent to an activating group) is 1. The zero-order valence-corrected chi connectivity index (χ0v) is 14.2. The minimum atomic E-state index is -0.450. The van der Waals surface area contributed by atoms with Gasteiger partial charge in [-0.2, -0.15) is 0 Å². The molecule has 2 aromatic rings. The van der Waals surface area contributed by atoms with Crippen LogP contribution in [0.1, 0.15) is 10.4 Å². The number of aryl methyl sites for hydroxylation is 1. The Morgan fingerprint density at radius 3 is 2.81 bits per heavy atom. The van der Waals surface area contributed by atoms with Crippen molar-refractivity contribution in [2.75, 3.05) is 18.9 Å². The van der Waals surface area contributed by atoms with Crippen molar-refractivity contribution in [3.8, 4) is 0 Å². The summed E-state index contributed by atoms with van der Waals surface area (Å²) >= 11 is 4.86. The van der Waals surface area contributed by atoms with Gasteiger partial charge < -0.3 is 5.32 Å². The first-order valence-electron chi connectivity index (χ1n) is 6.42. The highest BCUT2D eigenvalue weighted by atomic mass is 79.9. The molecule has 0 atom stereocenters. The van der Waals surface area contributed by atoms with Crippen LogP contribution < -0.4 is 5.32 Å². The van der Waals surface area contributed by atoms with Crippen molar-refractivity contribution >= 4 is 38.9 Å². The maximum absolute atomic E-state index is 13.6. The molecule has 0 fully saturated rings. The third kappa shape index (κ3) is 4.62. The molecule has 0 aliphatic heterocycles. The molecule has 1 heterocycles. The molecule has 112 valence electrons. The van der Waals surface area contributed by atoms with Crippen molar-refractivity contribution in [2.45, 2.75) is 13.5 Å². The van der Waals surface area contributed by atoms with E-state index in [-0.39, 0.29) is 18.1 Å². The average Bonchev–Trinajstić information content (AvgIpc) is 2.78. The van der Waals surface area contributed by atoms with Crippen LogP contribution in [0, 0.1) is 12.7 Å². The fourth-order valence-corrected chi connectivity index (χ4v) is 3.21. The lowest BCUT2D eigenvalue weighted by Crippen LogP contribution is -2.30. The zero-order chi connectivity index (χ0) is 15.4. The van der Waals surface area contributed by atoms with Gasteiger partial charge in [0.05, 0.1) is 12.2 Å². The van der Waals surface area contributed by atoms with Crippen LogP contribution in [0.4, 0.5) is 10.1 Å². The number of carbonyl (C=O) groups excluding carboxylic acids is 1. The predicted molar refractivity (Wildman–Crippen MR) is 88.1 cm³/mol. The van der Waals surface area contributed by atoms with Crippen molar-refractivity contribution < 1.29 is 9.18 Å². The number of rotatable bonds is 5. The molecule has 1 aromatic heterocycles. The SMILES string of the molecule is Cc1ccsc1CN(C)CC(=O)Nc1ccc(Br)cc1F. The van der Waals surface area contributed by atoms with Gasteiger partial charge in [0.2, 0.25) is 5.91 Å². The molecule has 0 unspecified atom stereocenters. The largest absolute Gasteiger partial charge is 0.322 e. The van der Waals surface area contributed by atoms with Gasteiger partial charge in [0, 0.05) is 15.9 Å². The van der Waals surface area contributed by atoms with E-state index in [1.807, 2.05) is 17.3 Å². The van der Waals surface area contributed by atoms with Gasteiger partial charge >= 0.3 is 0 Å². The molecule has 0 saturated carbocycles. The third-order valence-corrected chi connectivity index (χ3v) is 4.50. The molecule has 1 aromatic carbocycles. The third-order valence-electron chi connectivity index (χ3n) is 3.00. The van der Waals surface area contributed by atoms with Gasteiger partial charge in [-0.1, -0.05) is 15.9 Å². The van der Waals surface area contributed by atoms with Gasteiger partial charge in [-0.25, -0.2) is 4.39 Å². The molecule has 0 aliphatic rings. The molecule has 0 saturated heterocycles. The van der Waals surface area contributed by atoms with Gasteiger partial charge in [-0.3, -0.25) is 9.69 Å². The van der Waals surface area contributed by atoms with Crippen molar-refractivity contribution in [2.24, 2.45) is 0 Å². The maximum Gasteiger partial charge on any atom is 0.238 e. The summed E-state index contributed by atoms with van der Waals surface area (Å²) in [7, 11) is 1.87. The molecular formula is C15H16BrFN2OS. The zero-order valence-electron chi connectivity index (χ0n) is 11.8. The lowest BCUT2D eigenvalue weighted by Gasteiger charge is -2.16. The second-order valence-electron chi connectivity index (χ2n) is 4.87. The van der Waals surface area contributed by atoms with Gasteiger partial charge in [-0.05, 0) is 49.2 Å². The number of halogens is 2. The van der Waals surface area contributed by atoms with E-state index in [1.54, 1.807) is 23.5 Å². The van der Waals surface area contributed by atoms with Crippen LogP contribution in [0.2, 0.25) is 0 Å². The van der Waals surface area contributed by atoms with E-state index in [0.29, 0.717) is 11.0 Å². The van der Waals surface area contributed by atoms with Crippen LogP contribution in [0.15, 0.2) is 34.1 Å². The second-order valence-corrected chi connectivity index (χ2v) is 6.79. The van der Waals surface area contributed by atoms with Crippen LogP contribution >= 0.6 is 27.3 Å². The molecular weight excluding hydrogens is 355 g/mol. The molecule has 21 heavy (non-hydrogen) atoms. The van der Waals surface area contributed by atoms with Crippen LogP contribution in [0.5, 0.6) is 0 Å². The Hall–Kier alpha value is -1.24. The highest BCUT2D eigenvalue weighted by Gasteiger charge is 2.11. The first-order chi connectivity index (χ1) is 9.95. The average molecular weight is 371 g/mol. The van der Waals surface area contributed by atoms with Gasteiger partial charge in [0.1, 0.15) is 5.82 Å². The smallest absolute Gasteiger partial charge is 0.238 e. The van der Waals surface area contributed by atoms with E-state index >= 15 is 0 Å². The maximum atomic E-state index is 13.6. The van der Waals surface area contributed by atoms with E-state index in [2.05, 4.69) is 34.2 Å². The van der Waals surface area contributed by atoms with Crippen LogP contribution in [-0.2, 0) is 11.3 Å². The van der Waals surface area contributed by atoms with E-state index < -0.39 is 5.82 Å². The fourth-order valence-electron chi connectivity index (χ4n) is 1.89. The quantitative estimate of drug-likeness (QED) is 0.861. The molecule has 0 spiro atoms. The molecule has 1 N–H and O–H groups in total. The Morgan fingerprint density at radius 2 is 2.19 bits per heavy atom. The minimum absolute atomic E-state index is 0.198. The number of anilines is 1. The highest BCUT2D eigenvalue weighted by Crippen LogP contribution is 2.20. The summed E-state index contributed by atoms with van der Waals surface area (Å²) in [6.07, 6.45) is 0. The predicted octanol–water partition coefficient (Wildman–Crippen LogP) is 4.03. The Morgan fingerprint density at radius 1 is 1.43 bits per heavy atom. The van der Waals surface area contributed by atoms with Crippen molar-refractivity contribution in [3.63, 3.8) is 0 Å². The van der Waals surface area contributed by atoms with Crippen LogP contribution in [0.25, 0.3) is 0 Å². The number of hydrogen-bond acceptors (Lipinski definition) is 3. The molecule has 0 radical (unpaired) electrons. The lowest BCUT2D eigenvalue weighted by atomic mass is 10.3. The Bertz CT molecular complexity index is 644. The molecule has 2 rings (SSSR count). The highest BCUT2D eigenvalue weighted by molar-refractivity contribution is 9.10. The number of hydrogen-bond donors (Lipinski definition) is 1. The van der Waals surface area contributed by atoms with E-state index in [0.717, 1.165) is 0 Å². The molecule has 3 nitrogen and oxygen atoms in total. The monoisotopic (exact) mass is 370 g/mol. The summed E-state index contributed by atoms with van der Waals surface area (Å²) < 4.78 is 14.3. The Kier molecular flexibility index (Phi) is 5.50. The van der Waals surface area contributed by atoms with Crippen LogP contribution in [0.3, 0.4) is 0 Å². The first-order valence-corrected chi connectivity index (χ1v) is 8.09. The Balaban J connectivity index is 1.90. The van der Waals surface area contributed by atoms with Gasteiger partial charge in [0.15, 0.2) is 0 Å². The van der Waals surface area contributed by atoms with Crippen molar-refractivity contribution in [1.29, 1.82) is 0 Å². The fraction of sp³-hybridized carbons (Fsp3) is 0.267. The standard InChI is InChI=1S/C15H16BrFN2OS/c1-10-5-6-21-14(10)8-19(2)9-15(20)18-13-4-3-11(16)7-12(13)17/h3-7H,8-9H2,1-2H3,(H,18,20). The normalized spacial score (nSPS) is 10.9. The van der Waals surface area contributed by atoms with Crippen LogP contribution in [-0.4, -0.2) is 24.4 Å². The van der Waals surface area contributed by atoms with E-state index in [9.17, 15) is 9.18 Å².